The van der Waals surface area contributed by atoms with Gasteiger partial charge in [-0.1, -0.05) is 0 Å². The Hall–Kier alpha value is -0.950. The molecule has 124 valence electrons. The van der Waals surface area contributed by atoms with E-state index in [2.05, 4.69) is 14.5 Å². The predicted molar refractivity (Wildman–Crippen MR) is 82.4 cm³/mol. The zero-order valence-corrected chi connectivity index (χ0v) is 13.6. The molecule has 1 saturated heterocycles. The summed E-state index contributed by atoms with van der Waals surface area (Å²) in [5, 5.41) is 8.97. The second-order valence-corrected chi connectivity index (χ2v) is 6.49. The summed E-state index contributed by atoms with van der Waals surface area (Å²) in [5.74, 6) is 0. The van der Waals surface area contributed by atoms with E-state index in [4.69, 9.17) is 14.6 Å². The van der Waals surface area contributed by atoms with Gasteiger partial charge in [0, 0.05) is 39.5 Å². The lowest BCUT2D eigenvalue weighted by Gasteiger charge is -2.43. The number of hydrogen-bond donors (Lipinski definition) is 1. The number of rotatable bonds is 6. The lowest BCUT2D eigenvalue weighted by atomic mass is 9.79. The quantitative estimate of drug-likeness (QED) is 0.847. The Morgan fingerprint density at radius 2 is 2.32 bits per heavy atom. The standard InChI is InChI=1S/C16H27N3O3/c1-18-12-17-10-13(18)11-19-6-5-16(21-2)4-3-14(9-15(16)19)22-8-7-20/h10,12,14-15,20H,3-9,11H2,1-2H3/t14-,15-,16+/m0/s1. The first-order valence-electron chi connectivity index (χ1n) is 8.15. The first-order valence-corrected chi connectivity index (χ1v) is 8.15. The van der Waals surface area contributed by atoms with Gasteiger partial charge in [-0.3, -0.25) is 4.90 Å². The second kappa shape index (κ2) is 6.66. The maximum atomic E-state index is 8.97. The van der Waals surface area contributed by atoms with Gasteiger partial charge in [-0.25, -0.2) is 4.98 Å². The van der Waals surface area contributed by atoms with E-state index in [1.54, 1.807) is 0 Å². The Balaban J connectivity index is 1.71. The van der Waals surface area contributed by atoms with Crippen molar-refractivity contribution in [3.63, 3.8) is 0 Å². The summed E-state index contributed by atoms with van der Waals surface area (Å²) in [6, 6.07) is 0.379. The largest absolute Gasteiger partial charge is 0.394 e. The van der Waals surface area contributed by atoms with Crippen molar-refractivity contribution in [1.29, 1.82) is 0 Å². The van der Waals surface area contributed by atoms with E-state index in [-0.39, 0.29) is 18.3 Å². The molecule has 3 atom stereocenters. The Morgan fingerprint density at radius 3 is 3.00 bits per heavy atom. The summed E-state index contributed by atoms with van der Waals surface area (Å²) in [4.78, 5) is 6.72. The number of aliphatic hydroxyl groups excluding tert-OH is 1. The third-order valence-corrected chi connectivity index (χ3v) is 5.38. The Kier molecular flexibility index (Phi) is 4.82. The Labute approximate surface area is 132 Å². The predicted octanol–water partition coefficient (Wildman–Crippen LogP) is 0.941. The van der Waals surface area contributed by atoms with Crippen molar-refractivity contribution in [2.45, 2.75) is 50.0 Å². The number of imidazole rings is 1. The highest BCUT2D eigenvalue weighted by atomic mass is 16.5. The fourth-order valence-electron chi connectivity index (χ4n) is 4.06. The molecular formula is C16H27N3O3. The number of aromatic nitrogens is 2. The molecule has 1 aromatic heterocycles. The number of aliphatic hydroxyl groups is 1. The van der Waals surface area contributed by atoms with Gasteiger partial charge in [0.1, 0.15) is 0 Å². The molecule has 1 aliphatic carbocycles. The van der Waals surface area contributed by atoms with Crippen LogP contribution in [0.25, 0.3) is 0 Å². The van der Waals surface area contributed by atoms with Gasteiger partial charge in [0.05, 0.1) is 36.9 Å². The maximum absolute atomic E-state index is 8.97. The van der Waals surface area contributed by atoms with Crippen LogP contribution in [0.1, 0.15) is 31.4 Å². The Morgan fingerprint density at radius 1 is 1.45 bits per heavy atom. The monoisotopic (exact) mass is 309 g/mol. The molecule has 0 aromatic carbocycles. The van der Waals surface area contributed by atoms with Gasteiger partial charge in [0.2, 0.25) is 0 Å². The molecule has 2 fully saturated rings. The van der Waals surface area contributed by atoms with Crippen LogP contribution in [0.3, 0.4) is 0 Å². The molecule has 22 heavy (non-hydrogen) atoms. The Bertz CT molecular complexity index is 493. The van der Waals surface area contributed by atoms with Crippen LogP contribution >= 0.6 is 0 Å². The molecule has 6 nitrogen and oxygen atoms in total. The number of aryl methyl sites for hydroxylation is 1. The summed E-state index contributed by atoms with van der Waals surface area (Å²) in [6.07, 6.45) is 8.13. The zero-order valence-electron chi connectivity index (χ0n) is 13.6. The van der Waals surface area contributed by atoms with Crippen LogP contribution in [0, 0.1) is 0 Å². The van der Waals surface area contributed by atoms with Crippen LogP contribution in [-0.4, -0.2) is 64.2 Å². The molecule has 1 aliphatic heterocycles. The third-order valence-electron chi connectivity index (χ3n) is 5.38. The summed E-state index contributed by atoms with van der Waals surface area (Å²) < 4.78 is 13.8. The lowest BCUT2D eigenvalue weighted by molar-refractivity contribution is -0.104. The van der Waals surface area contributed by atoms with Gasteiger partial charge in [-0.05, 0) is 25.7 Å². The van der Waals surface area contributed by atoms with Gasteiger partial charge >= 0.3 is 0 Å². The fourth-order valence-corrected chi connectivity index (χ4v) is 4.06. The topological polar surface area (TPSA) is 59.8 Å². The van der Waals surface area contributed by atoms with Gasteiger partial charge in [-0.2, -0.15) is 0 Å². The minimum absolute atomic E-state index is 0.0301. The third kappa shape index (κ3) is 2.93. The molecule has 1 saturated carbocycles. The molecule has 0 bridgehead atoms. The van der Waals surface area contributed by atoms with E-state index in [0.29, 0.717) is 12.6 Å². The van der Waals surface area contributed by atoms with Crippen molar-refractivity contribution in [3.8, 4) is 0 Å². The van der Waals surface area contributed by atoms with Crippen LogP contribution in [0.4, 0.5) is 0 Å². The van der Waals surface area contributed by atoms with Crippen LogP contribution in [-0.2, 0) is 23.1 Å². The molecule has 2 heterocycles. The minimum Gasteiger partial charge on any atom is -0.394 e. The average Bonchev–Trinajstić information content (AvgIpc) is 3.10. The number of fused-ring (bicyclic) bond motifs is 1. The fraction of sp³-hybridized carbons (Fsp3) is 0.812. The first kappa shape index (κ1) is 15.9. The van der Waals surface area contributed by atoms with E-state index >= 15 is 0 Å². The molecule has 1 aromatic rings. The SMILES string of the molecule is CO[C@@]12CC[C@H](OCCO)C[C@@H]1N(Cc1cncn1C)CC2. The van der Waals surface area contributed by atoms with Crippen molar-refractivity contribution >= 4 is 0 Å². The van der Waals surface area contributed by atoms with Gasteiger partial charge in [0.15, 0.2) is 0 Å². The van der Waals surface area contributed by atoms with E-state index in [1.807, 2.05) is 26.7 Å². The van der Waals surface area contributed by atoms with Gasteiger partial charge in [-0.15, -0.1) is 0 Å². The van der Waals surface area contributed by atoms with E-state index in [9.17, 15) is 0 Å². The van der Waals surface area contributed by atoms with Crippen molar-refractivity contribution in [2.24, 2.45) is 7.05 Å². The summed E-state index contributed by atoms with van der Waals surface area (Å²) >= 11 is 0. The molecule has 0 unspecified atom stereocenters. The van der Waals surface area contributed by atoms with Crippen molar-refractivity contribution in [3.05, 3.63) is 18.2 Å². The van der Waals surface area contributed by atoms with Crippen molar-refractivity contribution < 1.29 is 14.6 Å². The van der Waals surface area contributed by atoms with Crippen LogP contribution in [0.15, 0.2) is 12.5 Å². The highest BCUT2D eigenvalue weighted by molar-refractivity contribution is 5.08. The number of nitrogens with zero attached hydrogens (tertiary/aromatic N) is 3. The lowest BCUT2D eigenvalue weighted by Crippen LogP contribution is -2.51. The first-order chi connectivity index (χ1) is 10.7. The molecule has 0 spiro atoms. The molecule has 0 radical (unpaired) electrons. The van der Waals surface area contributed by atoms with Crippen LogP contribution in [0.5, 0.6) is 0 Å². The minimum atomic E-state index is -0.0301. The molecular weight excluding hydrogens is 282 g/mol. The van der Waals surface area contributed by atoms with Gasteiger partial charge < -0.3 is 19.1 Å². The normalized spacial score (nSPS) is 32.3. The van der Waals surface area contributed by atoms with E-state index in [0.717, 1.165) is 38.8 Å². The maximum Gasteiger partial charge on any atom is 0.0945 e. The molecule has 3 rings (SSSR count). The highest BCUT2D eigenvalue weighted by Gasteiger charge is 2.51. The van der Waals surface area contributed by atoms with Crippen LogP contribution < -0.4 is 0 Å². The number of methoxy groups -OCH3 is 1. The number of hydrogen-bond acceptors (Lipinski definition) is 5. The highest BCUT2D eigenvalue weighted by Crippen LogP contribution is 2.43. The second-order valence-electron chi connectivity index (χ2n) is 6.49. The molecule has 0 amide bonds. The van der Waals surface area contributed by atoms with Gasteiger partial charge in [0.25, 0.3) is 0 Å². The summed E-state index contributed by atoms with van der Waals surface area (Å²) in [7, 11) is 3.88. The summed E-state index contributed by atoms with van der Waals surface area (Å²) in [6.45, 7) is 2.48. The van der Waals surface area contributed by atoms with E-state index < -0.39 is 0 Å². The summed E-state index contributed by atoms with van der Waals surface area (Å²) in [5.41, 5.74) is 1.20. The number of ether oxygens (including phenoxy) is 2. The average molecular weight is 309 g/mol. The molecule has 6 heteroatoms. The molecule has 2 aliphatic rings. The smallest absolute Gasteiger partial charge is 0.0945 e. The van der Waals surface area contributed by atoms with E-state index in [1.165, 1.54) is 5.69 Å². The van der Waals surface area contributed by atoms with Crippen molar-refractivity contribution in [1.82, 2.24) is 14.5 Å². The molecule has 1 N–H and O–H groups in total. The van der Waals surface area contributed by atoms with Crippen molar-refractivity contribution in [2.75, 3.05) is 26.9 Å². The zero-order chi connectivity index (χ0) is 15.6. The number of likely N-dealkylation sites (tertiary alicyclic amines) is 1. The van der Waals surface area contributed by atoms with Crippen LogP contribution in [0.2, 0.25) is 0 Å².